The van der Waals surface area contributed by atoms with Gasteiger partial charge in [0.1, 0.15) is 6.61 Å². The van der Waals surface area contributed by atoms with Crippen LogP contribution in [0.25, 0.3) is 6.08 Å². The van der Waals surface area contributed by atoms with Crippen LogP contribution < -0.4 is 0 Å². The summed E-state index contributed by atoms with van der Waals surface area (Å²) in [5.74, 6) is -0.155. The van der Waals surface area contributed by atoms with Crippen molar-refractivity contribution in [3.63, 3.8) is 0 Å². The molecule has 3 heteroatoms. The first kappa shape index (κ1) is 13.9. The molecule has 1 fully saturated rings. The largest absolute Gasteiger partial charge is 0.464 e. The lowest BCUT2D eigenvalue weighted by Gasteiger charge is -2.26. The third-order valence-electron chi connectivity index (χ3n) is 3.64. The zero-order valence-corrected chi connectivity index (χ0v) is 12.2. The van der Waals surface area contributed by atoms with Gasteiger partial charge in [0, 0.05) is 10.9 Å². The minimum atomic E-state index is -0.180. The van der Waals surface area contributed by atoms with Crippen molar-refractivity contribution < 1.29 is 9.53 Å². The van der Waals surface area contributed by atoms with Gasteiger partial charge in [0.25, 0.3) is 0 Å². The monoisotopic (exact) mass is 298 g/mol. The highest BCUT2D eigenvalue weighted by Gasteiger charge is 2.27. The van der Waals surface area contributed by atoms with Gasteiger partial charge < -0.3 is 4.74 Å². The van der Waals surface area contributed by atoms with Crippen molar-refractivity contribution in [3.8, 4) is 0 Å². The van der Waals surface area contributed by atoms with Gasteiger partial charge in [-0.3, -0.25) is 4.79 Å². The van der Waals surface area contributed by atoms with Gasteiger partial charge in [-0.15, -0.1) is 0 Å². The lowest BCUT2D eigenvalue weighted by molar-refractivity contribution is -0.145. The van der Waals surface area contributed by atoms with E-state index in [9.17, 15) is 4.79 Å². The number of halogens is 1. The Hall–Kier alpha value is -2.06. The Kier molecular flexibility index (Phi) is 4.07. The summed E-state index contributed by atoms with van der Waals surface area (Å²) in [4.78, 5) is 11.6. The second-order valence-corrected chi connectivity index (χ2v) is 5.47. The van der Waals surface area contributed by atoms with Crippen LogP contribution >= 0.6 is 11.6 Å². The smallest absolute Gasteiger partial charge is 0.309 e. The number of esters is 1. The lowest BCUT2D eigenvalue weighted by atomic mass is 9.87. The van der Waals surface area contributed by atoms with E-state index in [-0.39, 0.29) is 11.9 Å². The number of rotatable bonds is 2. The molecule has 2 nitrogen and oxygen atoms in total. The van der Waals surface area contributed by atoms with E-state index in [2.05, 4.69) is 6.08 Å². The fourth-order valence-corrected chi connectivity index (χ4v) is 2.85. The number of hydrogen-bond donors (Lipinski definition) is 0. The lowest BCUT2D eigenvalue weighted by Crippen LogP contribution is -2.23. The van der Waals surface area contributed by atoms with Crippen molar-refractivity contribution in [2.75, 3.05) is 6.61 Å². The summed E-state index contributed by atoms with van der Waals surface area (Å²) < 4.78 is 5.23. The Labute approximate surface area is 129 Å². The molecule has 0 aromatic heterocycles. The maximum atomic E-state index is 11.6. The summed E-state index contributed by atoms with van der Waals surface area (Å²) in [5.41, 5.74) is 3.14. The Morgan fingerprint density at radius 3 is 2.52 bits per heavy atom. The second kappa shape index (κ2) is 6.15. The number of hydrogen-bond acceptors (Lipinski definition) is 2. The van der Waals surface area contributed by atoms with E-state index in [1.54, 1.807) is 0 Å². The van der Waals surface area contributed by atoms with Gasteiger partial charge in [0.05, 0.1) is 6.42 Å². The van der Waals surface area contributed by atoms with Crippen molar-refractivity contribution in [1.29, 1.82) is 0 Å². The highest BCUT2D eigenvalue weighted by atomic mass is 35.5. The molecule has 3 rings (SSSR count). The molecule has 0 spiro atoms. The molecule has 2 aromatic carbocycles. The normalized spacial score (nSPS) is 20.3. The van der Waals surface area contributed by atoms with Crippen LogP contribution in [0.4, 0.5) is 0 Å². The van der Waals surface area contributed by atoms with Gasteiger partial charge in [-0.1, -0.05) is 66.2 Å². The van der Waals surface area contributed by atoms with Crippen molar-refractivity contribution in [2.45, 2.75) is 12.3 Å². The summed E-state index contributed by atoms with van der Waals surface area (Å²) in [7, 11) is 0. The molecule has 1 unspecified atom stereocenters. The molecule has 21 heavy (non-hydrogen) atoms. The first-order chi connectivity index (χ1) is 10.2. The molecule has 1 aliphatic heterocycles. The third kappa shape index (κ3) is 3.17. The Morgan fingerprint density at radius 2 is 1.76 bits per heavy atom. The van der Waals surface area contributed by atoms with Crippen LogP contribution in [0.3, 0.4) is 0 Å². The molecular weight excluding hydrogens is 284 g/mol. The SMILES string of the molecule is O=C1C/C(=C\c2ccccc2)C(c2ccccc2Cl)CO1. The number of carbonyl (C=O) groups excluding carboxylic acids is 1. The number of cyclic esters (lactones) is 1. The molecule has 0 N–H and O–H groups in total. The Morgan fingerprint density at radius 1 is 1.05 bits per heavy atom. The quantitative estimate of drug-likeness (QED) is 0.765. The summed E-state index contributed by atoms with van der Waals surface area (Å²) in [6, 6.07) is 17.7. The van der Waals surface area contributed by atoms with Crippen molar-refractivity contribution in [1.82, 2.24) is 0 Å². The molecule has 106 valence electrons. The minimum Gasteiger partial charge on any atom is -0.464 e. The van der Waals surface area contributed by atoms with Gasteiger partial charge in [0.15, 0.2) is 0 Å². The van der Waals surface area contributed by atoms with E-state index in [4.69, 9.17) is 16.3 Å². The molecule has 1 atom stereocenters. The van der Waals surface area contributed by atoms with Gasteiger partial charge in [-0.2, -0.15) is 0 Å². The summed E-state index contributed by atoms with van der Waals surface area (Å²) in [5, 5.41) is 0.708. The second-order valence-electron chi connectivity index (χ2n) is 5.06. The van der Waals surface area contributed by atoms with Crippen LogP contribution in [0.15, 0.2) is 60.2 Å². The maximum absolute atomic E-state index is 11.6. The van der Waals surface area contributed by atoms with Crippen molar-refractivity contribution >= 4 is 23.6 Å². The molecule has 2 aromatic rings. The summed E-state index contributed by atoms with van der Waals surface area (Å²) >= 11 is 6.29. The first-order valence-corrected chi connectivity index (χ1v) is 7.27. The fraction of sp³-hybridized carbons (Fsp3) is 0.167. The molecular formula is C18H15ClO2. The molecule has 0 bridgehead atoms. The van der Waals surface area contributed by atoms with Crippen LogP contribution in [-0.2, 0) is 9.53 Å². The van der Waals surface area contributed by atoms with Gasteiger partial charge in [0.2, 0.25) is 0 Å². The van der Waals surface area contributed by atoms with Crippen molar-refractivity contribution in [2.24, 2.45) is 0 Å². The van der Waals surface area contributed by atoms with Crippen LogP contribution in [0.5, 0.6) is 0 Å². The third-order valence-corrected chi connectivity index (χ3v) is 3.98. The molecule has 1 aliphatic rings. The highest BCUT2D eigenvalue weighted by molar-refractivity contribution is 6.31. The summed E-state index contributed by atoms with van der Waals surface area (Å²) in [6.07, 6.45) is 2.37. The standard InChI is InChI=1S/C18H15ClO2/c19-17-9-5-4-8-15(17)16-12-21-18(20)11-14(16)10-13-6-2-1-3-7-13/h1-10,16H,11-12H2/b14-10+. The number of carbonyl (C=O) groups is 1. The van der Waals surface area contributed by atoms with E-state index < -0.39 is 0 Å². The van der Waals surface area contributed by atoms with E-state index in [1.165, 1.54) is 0 Å². The molecule has 0 radical (unpaired) electrons. The number of benzene rings is 2. The Balaban J connectivity index is 2.00. The van der Waals surface area contributed by atoms with Crippen LogP contribution in [0.1, 0.15) is 23.5 Å². The molecule has 1 heterocycles. The molecule has 0 amide bonds. The minimum absolute atomic E-state index is 0.0246. The average molecular weight is 299 g/mol. The van der Waals surface area contributed by atoms with Crippen molar-refractivity contribution in [3.05, 3.63) is 76.3 Å². The maximum Gasteiger partial charge on any atom is 0.309 e. The summed E-state index contributed by atoms with van der Waals surface area (Å²) in [6.45, 7) is 0.348. The predicted molar refractivity (Wildman–Crippen MR) is 84.2 cm³/mol. The zero-order valence-electron chi connectivity index (χ0n) is 11.5. The van der Waals surface area contributed by atoms with E-state index >= 15 is 0 Å². The van der Waals surface area contributed by atoms with E-state index in [1.807, 2.05) is 54.6 Å². The van der Waals surface area contributed by atoms with Gasteiger partial charge >= 0.3 is 5.97 Å². The van der Waals surface area contributed by atoms with Gasteiger partial charge in [-0.05, 0) is 22.8 Å². The Bertz CT molecular complexity index is 677. The van der Waals surface area contributed by atoms with E-state index in [0.29, 0.717) is 18.1 Å². The number of ether oxygens (including phenoxy) is 1. The highest BCUT2D eigenvalue weighted by Crippen LogP contribution is 2.36. The molecule has 0 saturated carbocycles. The first-order valence-electron chi connectivity index (χ1n) is 6.89. The predicted octanol–water partition coefficient (Wildman–Crippen LogP) is 4.45. The average Bonchev–Trinajstić information content (AvgIpc) is 2.50. The molecule has 1 saturated heterocycles. The van der Waals surface area contributed by atoms with Crippen LogP contribution in [0.2, 0.25) is 5.02 Å². The van der Waals surface area contributed by atoms with Crippen LogP contribution in [0, 0.1) is 0 Å². The molecule has 0 aliphatic carbocycles. The topological polar surface area (TPSA) is 26.3 Å². The van der Waals surface area contributed by atoms with Gasteiger partial charge in [-0.25, -0.2) is 0 Å². The van der Waals surface area contributed by atoms with Crippen LogP contribution in [-0.4, -0.2) is 12.6 Å². The van der Waals surface area contributed by atoms with E-state index in [0.717, 1.165) is 16.7 Å². The fourth-order valence-electron chi connectivity index (χ4n) is 2.59. The zero-order chi connectivity index (χ0) is 14.7.